The van der Waals surface area contributed by atoms with Crippen LogP contribution in [0.15, 0.2) is 103 Å². The number of carbonyl (C=O) groups excluding carboxylic acids is 7. The van der Waals surface area contributed by atoms with Crippen LogP contribution in [0.4, 0.5) is 5.69 Å². The van der Waals surface area contributed by atoms with Crippen molar-refractivity contribution in [2.75, 3.05) is 11.4 Å². The number of aliphatic hydroxyl groups is 1. The van der Waals surface area contributed by atoms with E-state index in [1.807, 2.05) is 94.4 Å². The number of nitrogens with zero attached hydrogens (tertiary/aromatic N) is 3. The van der Waals surface area contributed by atoms with Crippen LogP contribution in [-0.4, -0.2) is 115 Å². The standard InChI is InChI=1S/C64H79N8O12PS/c1-38(45-22-20-44(21-23-45)36-85(81,82)83)30-56(76)68-51-27-26-46-11-9-12-48-31-53(72(57(46)48)62(51)79)61(78)69-50(28-29-54(65)74)40(3)84-35-43-16-14-41(15-17-43)10-7-8-13-55(75)70-59(64(4,5)6)63(80)71-34-49(73)32-52(71)60(77)66-33-42-18-24-47(25-19-42)58-39(2)67-37-86-58/h9,11-12,14-25,30,37,40,49-53,59,73H,7-8,10,13,26-29,31-36H2,1-6H3,(H2,65,74)(H,66,77)(H,68,76)(H,69,78)(H,70,75)(H2,81,82,83)/b38-30+/t40-,49-,50+,51+,52+,53?,59-/m1/s1. The van der Waals surface area contributed by atoms with Gasteiger partial charge in [-0.15, -0.1) is 11.3 Å². The number of unbranched alkanes of at least 4 members (excludes halogenated alkanes) is 1. The molecule has 0 aliphatic carbocycles. The van der Waals surface area contributed by atoms with Crippen LogP contribution in [0.2, 0.25) is 0 Å². The maximum absolute atomic E-state index is 14.5. The number of aliphatic hydroxyl groups excluding tert-OH is 1. The Labute approximate surface area is 505 Å². The molecule has 0 bridgehead atoms. The average molecular weight is 1220 g/mol. The fourth-order valence-corrected chi connectivity index (χ4v) is 12.9. The fourth-order valence-electron chi connectivity index (χ4n) is 11.4. The molecule has 7 amide bonds. The number of anilines is 1. The van der Waals surface area contributed by atoms with Crippen LogP contribution in [0.25, 0.3) is 16.0 Å². The highest BCUT2D eigenvalue weighted by Gasteiger charge is 2.46. The van der Waals surface area contributed by atoms with Gasteiger partial charge in [0.2, 0.25) is 41.4 Å². The SMILES string of the molecule is C/C(=C\C(=O)N[C@H]1CCc2cccc3c2N(C1=O)C(C(=O)N[C@@H](CCC(N)=O)[C@@H](C)OCc1ccc(CCCCC(=O)N[C@H](C(=O)N2C[C@H](O)C[C@H]2C(=O)NCc2ccc(-c4scnc4C)cc2)C(C)(C)C)cc1)C3)c1ccc(CP(=O)(O)O)cc1. The molecule has 20 nitrogen and oxygen atoms in total. The van der Waals surface area contributed by atoms with Gasteiger partial charge in [-0.3, -0.25) is 43.0 Å². The molecule has 0 spiro atoms. The Morgan fingerprint density at radius 2 is 1.55 bits per heavy atom. The van der Waals surface area contributed by atoms with Gasteiger partial charge >= 0.3 is 7.60 Å². The molecule has 1 unspecified atom stereocenters. The number of benzene rings is 4. The quantitative estimate of drug-likeness (QED) is 0.0177. The number of thiazole rings is 1. The Kier molecular flexibility index (Phi) is 21.3. The molecule has 86 heavy (non-hydrogen) atoms. The number of likely N-dealkylation sites (tertiary alicyclic amines) is 1. The summed E-state index contributed by atoms with van der Waals surface area (Å²) >= 11 is 1.56. The van der Waals surface area contributed by atoms with E-state index in [1.54, 1.807) is 55.0 Å². The van der Waals surface area contributed by atoms with Crippen LogP contribution in [0.3, 0.4) is 0 Å². The molecule has 8 rings (SSSR count). The Bertz CT molecular complexity index is 3360. The number of para-hydroxylation sites is 1. The number of amides is 7. The molecular formula is C64H79N8O12PS. The van der Waals surface area contributed by atoms with Crippen LogP contribution in [0.1, 0.15) is 124 Å². The van der Waals surface area contributed by atoms with E-state index in [9.17, 15) is 53.0 Å². The molecule has 1 aromatic heterocycles. The monoisotopic (exact) mass is 1210 g/mol. The third-order valence-corrected chi connectivity index (χ3v) is 17.9. The first kappa shape index (κ1) is 64.6. The van der Waals surface area contributed by atoms with Gasteiger partial charge in [0.05, 0.1) is 52.8 Å². The van der Waals surface area contributed by atoms with Gasteiger partial charge in [0.1, 0.15) is 24.2 Å². The Morgan fingerprint density at radius 1 is 0.872 bits per heavy atom. The molecule has 1 fully saturated rings. The first-order valence-electron chi connectivity index (χ1n) is 29.2. The number of primary amides is 1. The summed E-state index contributed by atoms with van der Waals surface area (Å²) in [7, 11) is -4.26. The van der Waals surface area contributed by atoms with Crippen molar-refractivity contribution >= 4 is 71.5 Å². The summed E-state index contributed by atoms with van der Waals surface area (Å²) in [4.78, 5) is 123. The lowest BCUT2D eigenvalue weighted by Crippen LogP contribution is -2.57. The summed E-state index contributed by atoms with van der Waals surface area (Å²) in [6.07, 6.45) is 2.80. The second-order valence-electron chi connectivity index (χ2n) is 23.9. The second kappa shape index (κ2) is 28.4. The zero-order valence-electron chi connectivity index (χ0n) is 49.5. The minimum Gasteiger partial charge on any atom is -0.391 e. The van der Waals surface area contributed by atoms with Crippen molar-refractivity contribution in [1.29, 1.82) is 0 Å². The van der Waals surface area contributed by atoms with Crippen LogP contribution >= 0.6 is 18.9 Å². The fraction of sp³-hybridized carbons (Fsp3) is 0.438. The first-order valence-corrected chi connectivity index (χ1v) is 31.9. The van der Waals surface area contributed by atoms with E-state index in [2.05, 4.69) is 26.3 Å². The molecule has 0 saturated carbocycles. The van der Waals surface area contributed by atoms with Crippen molar-refractivity contribution in [2.45, 2.75) is 167 Å². The summed E-state index contributed by atoms with van der Waals surface area (Å²) in [5.41, 5.74) is 15.5. The van der Waals surface area contributed by atoms with Gasteiger partial charge in [0.15, 0.2) is 0 Å². The number of hydrogen-bond acceptors (Lipinski definition) is 12. The van der Waals surface area contributed by atoms with E-state index in [-0.39, 0.29) is 70.0 Å². The summed E-state index contributed by atoms with van der Waals surface area (Å²) in [5.74, 6) is -3.04. The molecule has 7 atom stereocenters. The topological polar surface area (TPSA) is 300 Å². The van der Waals surface area contributed by atoms with Crippen molar-refractivity contribution in [3.63, 3.8) is 0 Å². The lowest BCUT2D eigenvalue weighted by atomic mass is 9.85. The maximum Gasteiger partial charge on any atom is 0.329 e. The first-order chi connectivity index (χ1) is 40.8. The largest absolute Gasteiger partial charge is 0.391 e. The molecule has 0 radical (unpaired) electrons. The molecule has 4 heterocycles. The maximum atomic E-state index is 14.5. The number of hydrogen-bond donors (Lipinski definition) is 8. The molecule has 3 aliphatic heterocycles. The normalized spacial score (nSPS) is 18.8. The summed E-state index contributed by atoms with van der Waals surface area (Å²) in [6, 6.07) is 23.5. The number of carbonyl (C=O) groups is 7. The number of nitrogens with one attached hydrogen (secondary N) is 4. The number of nitrogens with two attached hydrogens (primary N) is 1. The third kappa shape index (κ3) is 17.0. The van der Waals surface area contributed by atoms with Crippen molar-refractivity contribution in [3.8, 4) is 10.4 Å². The van der Waals surface area contributed by atoms with Gasteiger partial charge in [-0.1, -0.05) is 112 Å². The minimum atomic E-state index is -4.26. The van der Waals surface area contributed by atoms with Gasteiger partial charge in [0, 0.05) is 44.8 Å². The molecular weight excluding hydrogens is 1140 g/mol. The Balaban J connectivity index is 0.805. The lowest BCUT2D eigenvalue weighted by molar-refractivity contribution is -0.144. The van der Waals surface area contributed by atoms with E-state index in [4.69, 9.17) is 10.5 Å². The van der Waals surface area contributed by atoms with Gasteiger partial charge in [-0.25, -0.2) is 4.98 Å². The molecule has 5 aromatic rings. The summed E-state index contributed by atoms with van der Waals surface area (Å²) < 4.78 is 17.8. The molecule has 1 saturated heterocycles. The molecule has 22 heteroatoms. The zero-order chi connectivity index (χ0) is 62.0. The van der Waals surface area contributed by atoms with Crippen LogP contribution < -0.4 is 31.9 Å². The highest BCUT2D eigenvalue weighted by atomic mass is 32.1. The van der Waals surface area contributed by atoms with E-state index in [0.717, 1.165) is 44.0 Å². The lowest BCUT2D eigenvalue weighted by Gasteiger charge is -2.35. The van der Waals surface area contributed by atoms with Crippen molar-refractivity contribution in [1.82, 2.24) is 31.2 Å². The van der Waals surface area contributed by atoms with Gasteiger partial charge in [0.25, 0.3) is 0 Å². The van der Waals surface area contributed by atoms with Crippen molar-refractivity contribution < 1.29 is 57.8 Å². The summed E-state index contributed by atoms with van der Waals surface area (Å²) in [5, 5.41) is 22.5. The molecule has 3 aliphatic rings. The number of allylic oxidation sites excluding steroid dienone is 1. The minimum absolute atomic E-state index is 0.0225. The predicted octanol–water partition coefficient (Wildman–Crippen LogP) is 6.47. The average Bonchev–Trinajstić information content (AvgIpc) is 1.71. The smallest absolute Gasteiger partial charge is 0.329 e. The third-order valence-electron chi connectivity index (χ3n) is 16.1. The van der Waals surface area contributed by atoms with E-state index in [1.165, 1.54) is 15.9 Å². The van der Waals surface area contributed by atoms with Gasteiger partial charge in [-0.2, -0.15) is 0 Å². The highest BCUT2D eigenvalue weighted by molar-refractivity contribution is 7.50. The van der Waals surface area contributed by atoms with Gasteiger partial charge in [-0.05, 0) is 115 Å². The Hall–Kier alpha value is -7.39. The molecule has 4 aromatic carbocycles. The van der Waals surface area contributed by atoms with Crippen molar-refractivity contribution in [2.24, 2.45) is 11.1 Å². The van der Waals surface area contributed by atoms with Crippen LogP contribution in [0.5, 0.6) is 0 Å². The molecule has 9 N–H and O–H groups in total. The summed E-state index contributed by atoms with van der Waals surface area (Å²) in [6.45, 7) is 11.4. The zero-order valence-corrected chi connectivity index (χ0v) is 51.3. The van der Waals surface area contributed by atoms with E-state index >= 15 is 0 Å². The number of β-amino-alcohol motifs (C(OH)–C–C–N with tert-alkyl or cyclic N) is 1. The second-order valence-corrected chi connectivity index (χ2v) is 26.4. The molecule has 458 valence electrons. The highest BCUT2D eigenvalue weighted by Crippen LogP contribution is 2.41. The van der Waals surface area contributed by atoms with Crippen LogP contribution in [0, 0.1) is 12.3 Å². The van der Waals surface area contributed by atoms with E-state index < -0.39 is 91.1 Å². The van der Waals surface area contributed by atoms with Gasteiger partial charge < -0.3 is 51.5 Å². The van der Waals surface area contributed by atoms with E-state index in [0.29, 0.717) is 48.1 Å². The van der Waals surface area contributed by atoms with Crippen LogP contribution in [-0.2, 0) is 81.4 Å². The number of aryl methyl sites for hydroxylation is 3. The Morgan fingerprint density at radius 3 is 2.21 bits per heavy atom. The number of ether oxygens (including phenoxy) is 1. The number of rotatable bonds is 25. The predicted molar refractivity (Wildman–Crippen MR) is 328 cm³/mol. The number of aromatic nitrogens is 1. The van der Waals surface area contributed by atoms with Crippen molar-refractivity contribution in [3.05, 3.63) is 147 Å².